The van der Waals surface area contributed by atoms with Gasteiger partial charge in [0.15, 0.2) is 0 Å². The molecular weight excluding hydrogens is 294 g/mol. The van der Waals surface area contributed by atoms with E-state index in [0.717, 1.165) is 23.1 Å². The molecule has 0 aromatic carbocycles. The van der Waals surface area contributed by atoms with E-state index < -0.39 is 0 Å². The predicted octanol–water partition coefficient (Wildman–Crippen LogP) is 1.90. The first-order valence-electron chi connectivity index (χ1n) is 6.21. The smallest absolute Gasteiger partial charge is 0.0818 e. The van der Waals surface area contributed by atoms with Crippen molar-refractivity contribution in [2.75, 3.05) is 14.1 Å². The molecule has 6 heteroatoms. The van der Waals surface area contributed by atoms with Gasteiger partial charge in [0, 0.05) is 12.1 Å². The molecule has 1 aromatic rings. The second-order valence-corrected chi connectivity index (χ2v) is 6.10. The highest BCUT2D eigenvalue weighted by molar-refractivity contribution is 9.10. The Hall–Kier alpha value is -0.430. The van der Waals surface area contributed by atoms with Crippen molar-refractivity contribution in [3.05, 3.63) is 16.4 Å². The van der Waals surface area contributed by atoms with Gasteiger partial charge in [-0.25, -0.2) is 5.43 Å². The number of nitrogens with two attached hydrogens (primary N) is 1. The van der Waals surface area contributed by atoms with Crippen LogP contribution in [-0.2, 0) is 6.54 Å². The Bertz CT molecular complexity index is 386. The van der Waals surface area contributed by atoms with E-state index in [2.05, 4.69) is 66.2 Å². The second kappa shape index (κ2) is 6.14. The maximum atomic E-state index is 5.78. The maximum Gasteiger partial charge on any atom is 0.0818 e. The fraction of sp³-hybridized carbons (Fsp3) is 0.750. The summed E-state index contributed by atoms with van der Waals surface area (Å²) >= 11 is 3.57. The molecule has 0 aliphatic carbocycles. The molecule has 0 fully saturated rings. The minimum absolute atomic E-state index is 0.00377. The first-order valence-corrected chi connectivity index (χ1v) is 7.00. The van der Waals surface area contributed by atoms with E-state index in [4.69, 9.17) is 5.84 Å². The molecule has 1 unspecified atom stereocenters. The number of hydrazine groups is 1. The molecule has 1 atom stereocenters. The number of hydrogen-bond acceptors (Lipinski definition) is 4. The van der Waals surface area contributed by atoms with Gasteiger partial charge in [-0.15, -0.1) is 0 Å². The monoisotopic (exact) mass is 317 g/mol. The zero-order valence-corrected chi connectivity index (χ0v) is 13.5. The van der Waals surface area contributed by atoms with Gasteiger partial charge < -0.3 is 4.90 Å². The number of nitrogens with zero attached hydrogens (tertiary/aromatic N) is 3. The van der Waals surface area contributed by atoms with Crippen LogP contribution in [0.4, 0.5) is 0 Å². The van der Waals surface area contributed by atoms with Gasteiger partial charge in [0.05, 0.1) is 22.4 Å². The molecule has 104 valence electrons. The highest BCUT2D eigenvalue weighted by Gasteiger charge is 2.35. The molecule has 0 radical (unpaired) electrons. The van der Waals surface area contributed by atoms with Gasteiger partial charge in [0.1, 0.15) is 0 Å². The maximum absolute atomic E-state index is 5.78. The van der Waals surface area contributed by atoms with Gasteiger partial charge in [-0.05, 0) is 50.3 Å². The van der Waals surface area contributed by atoms with Crippen molar-refractivity contribution in [3.8, 4) is 0 Å². The SMILES string of the molecule is CCCn1ncc(Br)c1C(NN)C(C)(C)N(C)C. The summed E-state index contributed by atoms with van der Waals surface area (Å²) in [6, 6.07) is -0.00377. The lowest BCUT2D eigenvalue weighted by molar-refractivity contribution is 0.132. The largest absolute Gasteiger partial charge is 0.302 e. The Morgan fingerprint density at radius 2 is 2.17 bits per heavy atom. The summed E-state index contributed by atoms with van der Waals surface area (Å²) in [4.78, 5) is 2.16. The standard InChI is InChI=1S/C12H24BrN5/c1-6-7-18-10(9(13)8-15-18)11(16-14)12(2,3)17(4)5/h8,11,16H,6-7,14H2,1-5H3. The van der Waals surface area contributed by atoms with E-state index in [0.29, 0.717) is 0 Å². The molecule has 0 aliphatic rings. The van der Waals surface area contributed by atoms with Gasteiger partial charge in [-0.2, -0.15) is 5.10 Å². The highest BCUT2D eigenvalue weighted by atomic mass is 79.9. The van der Waals surface area contributed by atoms with Crippen molar-refractivity contribution in [2.24, 2.45) is 5.84 Å². The lowest BCUT2D eigenvalue weighted by Gasteiger charge is -2.40. The van der Waals surface area contributed by atoms with Crippen molar-refractivity contribution >= 4 is 15.9 Å². The number of aryl methyl sites for hydroxylation is 1. The molecule has 1 aromatic heterocycles. The third-order valence-corrected chi connectivity index (χ3v) is 4.18. The van der Waals surface area contributed by atoms with Crippen molar-refractivity contribution < 1.29 is 0 Å². The molecule has 0 saturated heterocycles. The van der Waals surface area contributed by atoms with E-state index in [-0.39, 0.29) is 11.6 Å². The average Bonchev–Trinajstić information content (AvgIpc) is 2.63. The van der Waals surface area contributed by atoms with Crippen LogP contribution in [0.25, 0.3) is 0 Å². The summed E-state index contributed by atoms with van der Waals surface area (Å²) in [6.45, 7) is 7.35. The Balaban J connectivity index is 3.20. The van der Waals surface area contributed by atoms with Crippen molar-refractivity contribution in [3.63, 3.8) is 0 Å². The van der Waals surface area contributed by atoms with Crippen LogP contribution in [0.5, 0.6) is 0 Å². The van der Waals surface area contributed by atoms with Crippen molar-refractivity contribution in [1.29, 1.82) is 0 Å². The number of hydrogen-bond donors (Lipinski definition) is 2. The molecule has 0 spiro atoms. The number of aromatic nitrogens is 2. The Labute approximate surface area is 118 Å². The van der Waals surface area contributed by atoms with Gasteiger partial charge in [0.25, 0.3) is 0 Å². The molecule has 0 saturated carbocycles. The minimum atomic E-state index is -0.122. The number of rotatable bonds is 6. The number of nitrogens with one attached hydrogen (secondary N) is 1. The molecule has 1 rings (SSSR count). The predicted molar refractivity (Wildman–Crippen MR) is 78.0 cm³/mol. The van der Waals surface area contributed by atoms with Gasteiger partial charge in [0.2, 0.25) is 0 Å². The minimum Gasteiger partial charge on any atom is -0.302 e. The molecule has 18 heavy (non-hydrogen) atoms. The van der Waals surface area contributed by atoms with Crippen molar-refractivity contribution in [2.45, 2.75) is 45.3 Å². The van der Waals surface area contributed by atoms with Crippen LogP contribution in [-0.4, -0.2) is 34.3 Å². The van der Waals surface area contributed by atoms with Gasteiger partial charge >= 0.3 is 0 Å². The molecule has 0 bridgehead atoms. The average molecular weight is 318 g/mol. The van der Waals surface area contributed by atoms with Crippen LogP contribution >= 0.6 is 15.9 Å². The lowest BCUT2D eigenvalue weighted by atomic mass is 9.91. The summed E-state index contributed by atoms with van der Waals surface area (Å²) in [5, 5.41) is 4.40. The Morgan fingerprint density at radius 1 is 1.56 bits per heavy atom. The van der Waals surface area contributed by atoms with E-state index in [1.54, 1.807) is 0 Å². The van der Waals surface area contributed by atoms with Crippen LogP contribution in [0.3, 0.4) is 0 Å². The van der Waals surface area contributed by atoms with Gasteiger partial charge in [-0.1, -0.05) is 6.92 Å². The summed E-state index contributed by atoms with van der Waals surface area (Å²) in [7, 11) is 4.11. The molecule has 0 amide bonds. The number of likely N-dealkylation sites (N-methyl/N-ethyl adjacent to an activating group) is 1. The highest BCUT2D eigenvalue weighted by Crippen LogP contribution is 2.33. The van der Waals surface area contributed by atoms with Crippen LogP contribution in [0.1, 0.15) is 38.9 Å². The Morgan fingerprint density at radius 3 is 2.61 bits per heavy atom. The first kappa shape index (κ1) is 15.6. The second-order valence-electron chi connectivity index (χ2n) is 5.25. The zero-order valence-electron chi connectivity index (χ0n) is 11.9. The summed E-state index contributed by atoms with van der Waals surface area (Å²) in [5.41, 5.74) is 3.91. The molecular formula is C12H24BrN5. The fourth-order valence-corrected chi connectivity index (χ4v) is 2.45. The molecule has 3 N–H and O–H groups in total. The fourth-order valence-electron chi connectivity index (χ4n) is 1.92. The quantitative estimate of drug-likeness (QED) is 0.621. The summed E-state index contributed by atoms with van der Waals surface area (Å²) < 4.78 is 3.01. The molecule has 0 aliphatic heterocycles. The van der Waals surface area contributed by atoms with Crippen LogP contribution in [0, 0.1) is 0 Å². The lowest BCUT2D eigenvalue weighted by Crippen LogP contribution is -2.52. The van der Waals surface area contributed by atoms with Crippen LogP contribution in [0.15, 0.2) is 10.7 Å². The molecule has 5 nitrogen and oxygen atoms in total. The zero-order chi connectivity index (χ0) is 13.9. The summed E-state index contributed by atoms with van der Waals surface area (Å²) in [6.07, 6.45) is 2.88. The number of halogens is 1. The summed E-state index contributed by atoms with van der Waals surface area (Å²) in [5.74, 6) is 5.78. The van der Waals surface area contributed by atoms with Crippen LogP contribution in [0.2, 0.25) is 0 Å². The van der Waals surface area contributed by atoms with E-state index in [1.807, 2.05) is 10.9 Å². The van der Waals surface area contributed by atoms with Crippen molar-refractivity contribution in [1.82, 2.24) is 20.1 Å². The van der Waals surface area contributed by atoms with E-state index in [1.165, 1.54) is 0 Å². The van der Waals surface area contributed by atoms with E-state index >= 15 is 0 Å². The third-order valence-electron chi connectivity index (χ3n) is 3.57. The topological polar surface area (TPSA) is 59.1 Å². The van der Waals surface area contributed by atoms with Gasteiger partial charge in [-0.3, -0.25) is 10.5 Å². The molecule has 1 heterocycles. The van der Waals surface area contributed by atoms with E-state index in [9.17, 15) is 0 Å². The normalized spacial score (nSPS) is 14.2. The Kier molecular flexibility index (Phi) is 5.33. The van der Waals surface area contributed by atoms with Crippen LogP contribution < -0.4 is 11.3 Å². The third kappa shape index (κ3) is 2.93. The first-order chi connectivity index (χ1) is 8.36.